The first-order valence-electron chi connectivity index (χ1n) is 8.02. The lowest BCUT2D eigenvalue weighted by molar-refractivity contribution is -0.113. The Morgan fingerprint density at radius 3 is 2.39 bits per heavy atom. The molecule has 0 saturated carbocycles. The smallest absolute Gasteiger partial charge is 0.258 e. The van der Waals surface area contributed by atoms with Crippen molar-refractivity contribution in [3.05, 3.63) is 59.7 Å². The molecule has 1 aliphatic rings. The second-order valence-corrected chi connectivity index (χ2v) is 6.02. The van der Waals surface area contributed by atoms with Crippen molar-refractivity contribution in [3.63, 3.8) is 0 Å². The molecule has 1 aliphatic heterocycles. The van der Waals surface area contributed by atoms with Gasteiger partial charge >= 0.3 is 0 Å². The normalized spacial score (nSPS) is 15.2. The number of benzene rings is 2. The van der Waals surface area contributed by atoms with Crippen molar-refractivity contribution in [2.75, 3.05) is 30.4 Å². The molecule has 23 heavy (non-hydrogen) atoms. The van der Waals surface area contributed by atoms with Crippen LogP contribution in [-0.2, 0) is 4.79 Å². The quantitative estimate of drug-likeness (QED) is 0.796. The Hall–Kier alpha value is -2.55. The minimum Gasteiger partial charge on any atom is -0.378 e. The average molecular weight is 306 g/mol. The number of carbonyl (C=O) groups is 1. The van der Waals surface area contributed by atoms with Crippen molar-refractivity contribution in [2.24, 2.45) is 0 Å². The van der Waals surface area contributed by atoms with Crippen LogP contribution in [0.2, 0.25) is 0 Å². The molecule has 3 heteroatoms. The fourth-order valence-corrected chi connectivity index (χ4v) is 2.93. The van der Waals surface area contributed by atoms with Gasteiger partial charge in [0, 0.05) is 37.5 Å². The average Bonchev–Trinajstić information content (AvgIpc) is 2.82. The third-order valence-corrected chi connectivity index (χ3v) is 4.13. The number of hydrogen-bond acceptors (Lipinski definition) is 2. The highest BCUT2D eigenvalue weighted by molar-refractivity contribution is 6.35. The molecule has 0 bridgehead atoms. The minimum absolute atomic E-state index is 0.102. The predicted octanol–water partition coefficient (Wildman–Crippen LogP) is 4.05. The number of carbonyl (C=O) groups excluding carboxylic acids is 1. The first kappa shape index (κ1) is 15.3. The van der Waals surface area contributed by atoms with Gasteiger partial charge in [-0.15, -0.1) is 0 Å². The van der Waals surface area contributed by atoms with E-state index in [1.807, 2.05) is 49.3 Å². The summed E-state index contributed by atoms with van der Waals surface area (Å²) in [5.74, 6) is 0.102. The van der Waals surface area contributed by atoms with E-state index in [1.54, 1.807) is 0 Å². The van der Waals surface area contributed by atoms with Gasteiger partial charge in [-0.05, 0) is 36.3 Å². The zero-order valence-electron chi connectivity index (χ0n) is 13.9. The van der Waals surface area contributed by atoms with Gasteiger partial charge in [0.2, 0.25) is 0 Å². The first-order valence-corrected chi connectivity index (χ1v) is 8.02. The van der Waals surface area contributed by atoms with Crippen LogP contribution in [0.5, 0.6) is 0 Å². The predicted molar refractivity (Wildman–Crippen MR) is 97.7 cm³/mol. The molecule has 0 atom stereocenters. The summed E-state index contributed by atoms with van der Waals surface area (Å²) in [4.78, 5) is 16.7. The van der Waals surface area contributed by atoms with Crippen LogP contribution in [0.4, 0.5) is 11.4 Å². The maximum Gasteiger partial charge on any atom is 0.258 e. The second-order valence-electron chi connectivity index (χ2n) is 6.02. The van der Waals surface area contributed by atoms with E-state index >= 15 is 0 Å². The van der Waals surface area contributed by atoms with Gasteiger partial charge in [0.25, 0.3) is 5.91 Å². The topological polar surface area (TPSA) is 23.6 Å². The van der Waals surface area contributed by atoms with Crippen molar-refractivity contribution in [3.8, 4) is 0 Å². The number of hydrogen-bond donors (Lipinski definition) is 0. The lowest BCUT2D eigenvalue weighted by Crippen LogP contribution is -2.26. The summed E-state index contributed by atoms with van der Waals surface area (Å²) in [5.41, 5.74) is 5.04. The van der Waals surface area contributed by atoms with E-state index in [0.717, 1.165) is 41.0 Å². The molecule has 1 heterocycles. The Bertz CT molecular complexity index is 744. The first-order chi connectivity index (χ1) is 11.1. The maximum absolute atomic E-state index is 12.8. The fraction of sp³-hybridized carbons (Fsp3) is 0.250. The monoisotopic (exact) mass is 306 g/mol. The van der Waals surface area contributed by atoms with E-state index in [0.29, 0.717) is 0 Å². The molecule has 0 aliphatic carbocycles. The van der Waals surface area contributed by atoms with Crippen molar-refractivity contribution >= 4 is 28.9 Å². The highest BCUT2D eigenvalue weighted by Crippen LogP contribution is 2.37. The molecular weight excluding hydrogens is 284 g/mol. The lowest BCUT2D eigenvalue weighted by atomic mass is 10.0. The van der Waals surface area contributed by atoms with Crippen molar-refractivity contribution < 1.29 is 4.79 Å². The van der Waals surface area contributed by atoms with Crippen LogP contribution in [0.1, 0.15) is 24.5 Å². The molecule has 2 aromatic carbocycles. The van der Waals surface area contributed by atoms with Crippen LogP contribution in [0.15, 0.2) is 48.5 Å². The Morgan fingerprint density at radius 1 is 1.04 bits per heavy atom. The molecule has 0 saturated heterocycles. The zero-order valence-corrected chi connectivity index (χ0v) is 13.9. The minimum atomic E-state index is 0.102. The van der Waals surface area contributed by atoms with E-state index < -0.39 is 0 Å². The molecule has 0 N–H and O–H groups in total. The van der Waals surface area contributed by atoms with Gasteiger partial charge in [0.05, 0.1) is 5.69 Å². The summed E-state index contributed by atoms with van der Waals surface area (Å²) in [6, 6.07) is 16.3. The summed E-state index contributed by atoms with van der Waals surface area (Å²) in [5, 5.41) is 0. The maximum atomic E-state index is 12.8. The fourth-order valence-electron chi connectivity index (χ4n) is 2.93. The van der Waals surface area contributed by atoms with Gasteiger partial charge < -0.3 is 9.80 Å². The Morgan fingerprint density at radius 2 is 1.74 bits per heavy atom. The van der Waals surface area contributed by atoms with Crippen molar-refractivity contribution in [1.82, 2.24) is 0 Å². The Kier molecular flexibility index (Phi) is 4.20. The third-order valence-electron chi connectivity index (χ3n) is 4.13. The molecule has 3 nitrogen and oxygen atoms in total. The van der Waals surface area contributed by atoms with Gasteiger partial charge in [-0.3, -0.25) is 4.79 Å². The molecule has 118 valence electrons. The van der Waals surface area contributed by atoms with Crippen LogP contribution in [0, 0.1) is 0 Å². The second kappa shape index (κ2) is 6.29. The van der Waals surface area contributed by atoms with Gasteiger partial charge in [-0.1, -0.05) is 37.3 Å². The van der Waals surface area contributed by atoms with Crippen molar-refractivity contribution in [1.29, 1.82) is 0 Å². The molecule has 3 rings (SSSR count). The third kappa shape index (κ3) is 2.87. The Labute approximate surface area is 137 Å². The van der Waals surface area contributed by atoms with E-state index in [2.05, 4.69) is 36.1 Å². The van der Waals surface area contributed by atoms with E-state index in [9.17, 15) is 4.79 Å². The number of amides is 1. The number of fused-ring (bicyclic) bond motifs is 1. The summed E-state index contributed by atoms with van der Waals surface area (Å²) >= 11 is 0. The summed E-state index contributed by atoms with van der Waals surface area (Å²) in [7, 11) is 4.04. The highest BCUT2D eigenvalue weighted by atomic mass is 16.2. The summed E-state index contributed by atoms with van der Waals surface area (Å²) in [6.45, 7) is 2.85. The molecule has 0 radical (unpaired) electrons. The molecule has 0 aromatic heterocycles. The number of rotatable bonds is 4. The molecular formula is C20H22N2O. The van der Waals surface area contributed by atoms with Crippen LogP contribution in [-0.4, -0.2) is 26.5 Å². The highest BCUT2D eigenvalue weighted by Gasteiger charge is 2.31. The van der Waals surface area contributed by atoms with Gasteiger partial charge in [-0.25, -0.2) is 0 Å². The summed E-state index contributed by atoms with van der Waals surface area (Å²) < 4.78 is 0. The van der Waals surface area contributed by atoms with Crippen LogP contribution < -0.4 is 9.80 Å². The molecule has 0 unspecified atom stereocenters. The SMILES string of the molecule is CCCN1C(=O)/C(=C\c2ccc(N(C)C)cc2)c2ccccc21. The largest absolute Gasteiger partial charge is 0.378 e. The number of para-hydroxylation sites is 1. The van der Waals surface area contributed by atoms with Gasteiger partial charge in [0.1, 0.15) is 0 Å². The van der Waals surface area contributed by atoms with Crippen molar-refractivity contribution in [2.45, 2.75) is 13.3 Å². The zero-order chi connectivity index (χ0) is 16.4. The number of nitrogens with zero attached hydrogens (tertiary/aromatic N) is 2. The lowest BCUT2D eigenvalue weighted by Gasteiger charge is -2.15. The molecule has 0 fully saturated rings. The van der Waals surface area contributed by atoms with E-state index in [1.165, 1.54) is 0 Å². The van der Waals surface area contributed by atoms with Crippen LogP contribution >= 0.6 is 0 Å². The molecule has 2 aromatic rings. The van der Waals surface area contributed by atoms with E-state index in [-0.39, 0.29) is 5.91 Å². The summed E-state index contributed by atoms with van der Waals surface area (Å²) in [6.07, 6.45) is 2.95. The van der Waals surface area contributed by atoms with E-state index in [4.69, 9.17) is 0 Å². The van der Waals surface area contributed by atoms with Gasteiger partial charge in [0.15, 0.2) is 0 Å². The molecule has 0 spiro atoms. The van der Waals surface area contributed by atoms with Crippen LogP contribution in [0.25, 0.3) is 11.6 Å². The van der Waals surface area contributed by atoms with Gasteiger partial charge in [-0.2, -0.15) is 0 Å². The standard InChI is InChI=1S/C20H22N2O/c1-4-13-22-19-8-6-5-7-17(19)18(20(22)23)14-15-9-11-16(12-10-15)21(2)3/h5-12,14H,4,13H2,1-3H3/b18-14-. The molecule has 1 amide bonds. The Balaban J connectivity index is 2.00. The van der Waals surface area contributed by atoms with Crippen LogP contribution in [0.3, 0.4) is 0 Å². The number of anilines is 2.